The molecule has 1 fully saturated rings. The normalized spacial score (nSPS) is 24.1. The molecule has 0 bridgehead atoms. The van der Waals surface area contributed by atoms with E-state index in [1.807, 2.05) is 0 Å². The maximum Gasteiger partial charge on any atom is 0.202 e. The number of hydrogen-bond donors (Lipinski definition) is 1. The molecule has 114 valence electrons. The Bertz CT molecular complexity index is 417. The predicted octanol–water partition coefficient (Wildman–Crippen LogP) is 3.98. The summed E-state index contributed by atoms with van der Waals surface area (Å²) in [4.78, 5) is 4.61. The molecule has 0 unspecified atom stereocenters. The summed E-state index contributed by atoms with van der Waals surface area (Å²) in [7, 11) is 0. The van der Waals surface area contributed by atoms with E-state index in [4.69, 9.17) is 4.74 Å². The molecule has 0 spiro atoms. The molecular weight excluding hydrogens is 270 g/mol. The number of aromatic nitrogens is 2. The van der Waals surface area contributed by atoms with Gasteiger partial charge in [0, 0.05) is 23.0 Å². The highest BCUT2D eigenvalue weighted by molar-refractivity contribution is 7.09. The summed E-state index contributed by atoms with van der Waals surface area (Å²) < 4.78 is 10.3. The van der Waals surface area contributed by atoms with Crippen molar-refractivity contribution in [3.63, 3.8) is 0 Å². The monoisotopic (exact) mass is 297 g/mol. The Labute approximate surface area is 126 Å². The van der Waals surface area contributed by atoms with Crippen molar-refractivity contribution in [2.24, 2.45) is 0 Å². The average Bonchev–Trinajstić information content (AvgIpc) is 2.79. The van der Waals surface area contributed by atoms with Crippen LogP contribution in [0.4, 0.5) is 5.13 Å². The molecule has 0 aliphatic heterocycles. The van der Waals surface area contributed by atoms with Crippen LogP contribution < -0.4 is 5.32 Å². The first-order valence-corrected chi connectivity index (χ1v) is 8.38. The van der Waals surface area contributed by atoms with Crippen LogP contribution in [0.25, 0.3) is 0 Å². The van der Waals surface area contributed by atoms with E-state index in [2.05, 4.69) is 49.3 Å². The molecule has 1 N–H and O–H groups in total. The first-order valence-electron chi connectivity index (χ1n) is 7.61. The topological polar surface area (TPSA) is 47.0 Å². The average molecular weight is 297 g/mol. The molecule has 1 heterocycles. The van der Waals surface area contributed by atoms with Gasteiger partial charge in [0.15, 0.2) is 0 Å². The van der Waals surface area contributed by atoms with Gasteiger partial charge in [0.25, 0.3) is 0 Å². The van der Waals surface area contributed by atoms with E-state index in [1.54, 1.807) is 0 Å². The Morgan fingerprint density at radius 1 is 1.20 bits per heavy atom. The molecular formula is C15H27N3OS. The van der Waals surface area contributed by atoms with Crippen LogP contribution in [0.5, 0.6) is 0 Å². The largest absolute Gasteiger partial charge is 0.376 e. The Kier molecular flexibility index (Phi) is 5.02. The van der Waals surface area contributed by atoms with Crippen molar-refractivity contribution >= 4 is 16.7 Å². The van der Waals surface area contributed by atoms with Gasteiger partial charge < -0.3 is 10.1 Å². The second-order valence-corrected chi connectivity index (χ2v) is 7.73. The summed E-state index contributed by atoms with van der Waals surface area (Å²) in [5, 5.41) is 4.50. The molecule has 1 aromatic heterocycles. The number of rotatable bonds is 4. The Balaban J connectivity index is 1.82. The van der Waals surface area contributed by atoms with Crippen molar-refractivity contribution in [3.05, 3.63) is 5.82 Å². The van der Waals surface area contributed by atoms with Crippen LogP contribution in [-0.4, -0.2) is 27.6 Å². The van der Waals surface area contributed by atoms with E-state index < -0.39 is 0 Å². The minimum absolute atomic E-state index is 0.0270. The molecule has 1 aliphatic rings. The minimum atomic E-state index is 0.0270. The summed E-state index contributed by atoms with van der Waals surface area (Å²) in [6.45, 7) is 10.7. The summed E-state index contributed by atoms with van der Waals surface area (Å²) >= 11 is 1.48. The van der Waals surface area contributed by atoms with E-state index in [0.29, 0.717) is 18.2 Å². The quantitative estimate of drug-likeness (QED) is 0.913. The lowest BCUT2D eigenvalue weighted by Gasteiger charge is -2.30. The third-order valence-electron chi connectivity index (χ3n) is 3.56. The molecule has 0 atom stereocenters. The molecule has 0 saturated heterocycles. The molecule has 1 saturated carbocycles. The van der Waals surface area contributed by atoms with E-state index in [-0.39, 0.29) is 5.41 Å². The second kappa shape index (κ2) is 6.39. The Morgan fingerprint density at radius 2 is 1.85 bits per heavy atom. The lowest BCUT2D eigenvalue weighted by molar-refractivity contribution is -0.0133. The van der Waals surface area contributed by atoms with Crippen molar-refractivity contribution in [2.75, 3.05) is 5.32 Å². The van der Waals surface area contributed by atoms with Gasteiger partial charge in [-0.1, -0.05) is 20.8 Å². The molecule has 20 heavy (non-hydrogen) atoms. The zero-order chi connectivity index (χ0) is 14.8. The zero-order valence-corrected chi connectivity index (χ0v) is 14.1. The lowest BCUT2D eigenvalue weighted by atomic mass is 9.93. The van der Waals surface area contributed by atoms with Crippen molar-refractivity contribution in [1.82, 2.24) is 9.36 Å². The highest BCUT2D eigenvalue weighted by Gasteiger charge is 2.24. The fourth-order valence-corrected chi connectivity index (χ4v) is 3.32. The van der Waals surface area contributed by atoms with Gasteiger partial charge in [0.05, 0.1) is 12.2 Å². The predicted molar refractivity (Wildman–Crippen MR) is 84.5 cm³/mol. The highest BCUT2D eigenvalue weighted by Crippen LogP contribution is 2.27. The number of nitrogens with one attached hydrogen (secondary N) is 1. The summed E-state index contributed by atoms with van der Waals surface area (Å²) in [6.07, 6.45) is 5.36. The Morgan fingerprint density at radius 3 is 2.35 bits per heavy atom. The van der Waals surface area contributed by atoms with E-state index >= 15 is 0 Å². The Hall–Kier alpha value is -0.680. The first-order chi connectivity index (χ1) is 9.34. The molecule has 0 aromatic carbocycles. The van der Waals surface area contributed by atoms with Crippen LogP contribution in [-0.2, 0) is 10.2 Å². The number of nitrogens with zero attached hydrogens (tertiary/aromatic N) is 2. The number of hydrogen-bond acceptors (Lipinski definition) is 5. The van der Waals surface area contributed by atoms with Crippen molar-refractivity contribution in [2.45, 2.75) is 84.0 Å². The molecule has 1 aromatic rings. The van der Waals surface area contributed by atoms with Gasteiger partial charge in [-0.25, -0.2) is 4.98 Å². The minimum Gasteiger partial charge on any atom is -0.376 e. The number of anilines is 1. The maximum atomic E-state index is 5.89. The second-order valence-electron chi connectivity index (χ2n) is 6.98. The van der Waals surface area contributed by atoms with Gasteiger partial charge in [0.1, 0.15) is 5.82 Å². The van der Waals surface area contributed by atoms with E-state index in [9.17, 15) is 0 Å². The third kappa shape index (κ3) is 4.42. The smallest absolute Gasteiger partial charge is 0.202 e. The van der Waals surface area contributed by atoms with Crippen molar-refractivity contribution < 1.29 is 4.74 Å². The number of ether oxygens (including phenoxy) is 1. The summed E-state index contributed by atoms with van der Waals surface area (Å²) in [5.41, 5.74) is 0.0270. The molecule has 2 rings (SSSR count). The standard InChI is InChI=1S/C15H27N3OS/c1-10(2)19-12-8-6-11(7-9-12)16-14-17-13(18-20-14)15(3,4)5/h10-12H,6-9H2,1-5H3,(H,16,17,18). The zero-order valence-electron chi connectivity index (χ0n) is 13.3. The van der Waals surface area contributed by atoms with Gasteiger partial charge in [-0.15, -0.1) is 0 Å². The van der Waals surface area contributed by atoms with E-state index in [0.717, 1.165) is 36.6 Å². The van der Waals surface area contributed by atoms with Gasteiger partial charge in [0.2, 0.25) is 5.13 Å². The molecule has 0 radical (unpaired) electrons. The van der Waals surface area contributed by atoms with Gasteiger partial charge in [-0.2, -0.15) is 4.37 Å². The van der Waals surface area contributed by atoms with E-state index in [1.165, 1.54) is 11.5 Å². The van der Waals surface area contributed by atoms with Gasteiger partial charge >= 0.3 is 0 Å². The van der Waals surface area contributed by atoms with Gasteiger partial charge in [-0.05, 0) is 39.5 Å². The SMILES string of the molecule is CC(C)OC1CCC(Nc2nc(C(C)(C)C)ns2)CC1. The first kappa shape index (κ1) is 15.7. The molecule has 0 amide bonds. The highest BCUT2D eigenvalue weighted by atomic mass is 32.1. The van der Waals surface area contributed by atoms with Crippen LogP contribution in [0, 0.1) is 0 Å². The molecule has 1 aliphatic carbocycles. The van der Waals surface area contributed by atoms with Crippen LogP contribution in [0.15, 0.2) is 0 Å². The van der Waals surface area contributed by atoms with Crippen LogP contribution in [0.2, 0.25) is 0 Å². The van der Waals surface area contributed by atoms with Crippen LogP contribution in [0.1, 0.15) is 66.1 Å². The van der Waals surface area contributed by atoms with Crippen molar-refractivity contribution in [1.29, 1.82) is 0 Å². The third-order valence-corrected chi connectivity index (χ3v) is 4.21. The van der Waals surface area contributed by atoms with Crippen LogP contribution >= 0.6 is 11.5 Å². The molecule has 5 heteroatoms. The fraction of sp³-hybridized carbons (Fsp3) is 0.867. The van der Waals surface area contributed by atoms with Crippen LogP contribution in [0.3, 0.4) is 0 Å². The fourth-order valence-electron chi connectivity index (χ4n) is 2.49. The maximum absolute atomic E-state index is 5.89. The van der Waals surface area contributed by atoms with Gasteiger partial charge in [-0.3, -0.25) is 0 Å². The lowest BCUT2D eigenvalue weighted by Crippen LogP contribution is -2.31. The molecule has 4 nitrogen and oxygen atoms in total. The summed E-state index contributed by atoms with van der Waals surface area (Å²) in [6, 6.07) is 0.516. The summed E-state index contributed by atoms with van der Waals surface area (Å²) in [5.74, 6) is 0.932. The van der Waals surface area contributed by atoms with Crippen molar-refractivity contribution in [3.8, 4) is 0 Å².